The van der Waals surface area contributed by atoms with Crippen LogP contribution in [0.25, 0.3) is 0 Å². The Morgan fingerprint density at radius 1 is 1.20 bits per heavy atom. The van der Waals surface area contributed by atoms with Gasteiger partial charge in [-0.1, -0.05) is 31.2 Å². The first-order chi connectivity index (χ1) is 12.0. The van der Waals surface area contributed by atoms with Crippen molar-refractivity contribution in [2.75, 3.05) is 13.7 Å². The van der Waals surface area contributed by atoms with E-state index in [0.29, 0.717) is 5.75 Å². The summed E-state index contributed by atoms with van der Waals surface area (Å²) in [5, 5.41) is 4.13. The molecule has 0 aliphatic rings. The number of carbonyl (C=O) groups is 1. The fourth-order valence-corrected chi connectivity index (χ4v) is 2.74. The van der Waals surface area contributed by atoms with E-state index in [-0.39, 0.29) is 12.5 Å². The van der Waals surface area contributed by atoms with Crippen molar-refractivity contribution < 1.29 is 14.3 Å². The molecule has 1 N–H and O–H groups in total. The SMILES string of the molecule is CCc1ccc(C(C)=NNC(=O)COc2ccc(OC)cc2I)cc1. The van der Waals surface area contributed by atoms with Gasteiger partial charge in [-0.2, -0.15) is 5.10 Å². The molecule has 0 atom stereocenters. The highest BCUT2D eigenvalue weighted by atomic mass is 127. The van der Waals surface area contributed by atoms with E-state index in [1.807, 2.05) is 25.1 Å². The summed E-state index contributed by atoms with van der Waals surface area (Å²) >= 11 is 2.14. The van der Waals surface area contributed by atoms with Crippen molar-refractivity contribution in [3.8, 4) is 11.5 Å². The van der Waals surface area contributed by atoms with Crippen LogP contribution in [0.1, 0.15) is 25.0 Å². The summed E-state index contributed by atoms with van der Waals surface area (Å²) in [6, 6.07) is 13.5. The zero-order valence-electron chi connectivity index (χ0n) is 14.5. The zero-order chi connectivity index (χ0) is 18.2. The minimum absolute atomic E-state index is 0.103. The molecule has 6 heteroatoms. The Morgan fingerprint density at radius 2 is 1.92 bits per heavy atom. The van der Waals surface area contributed by atoms with Gasteiger partial charge < -0.3 is 9.47 Å². The number of ether oxygens (including phenoxy) is 2. The van der Waals surface area contributed by atoms with E-state index in [1.165, 1.54) is 5.56 Å². The quantitative estimate of drug-likeness (QED) is 0.395. The Morgan fingerprint density at radius 3 is 2.52 bits per heavy atom. The minimum Gasteiger partial charge on any atom is -0.497 e. The van der Waals surface area contributed by atoms with E-state index in [4.69, 9.17) is 9.47 Å². The molecule has 132 valence electrons. The molecular weight excluding hydrogens is 431 g/mol. The minimum atomic E-state index is -0.309. The van der Waals surface area contributed by atoms with Gasteiger partial charge >= 0.3 is 0 Å². The van der Waals surface area contributed by atoms with Gasteiger partial charge in [-0.25, -0.2) is 5.43 Å². The van der Waals surface area contributed by atoms with Gasteiger partial charge in [0.2, 0.25) is 0 Å². The smallest absolute Gasteiger partial charge is 0.277 e. The van der Waals surface area contributed by atoms with Gasteiger partial charge in [-0.15, -0.1) is 0 Å². The maximum atomic E-state index is 11.9. The predicted octanol–water partition coefficient (Wildman–Crippen LogP) is 3.78. The molecule has 1 amide bonds. The van der Waals surface area contributed by atoms with Crippen LogP contribution in [0, 0.1) is 3.57 Å². The molecule has 0 spiro atoms. The highest BCUT2D eigenvalue weighted by molar-refractivity contribution is 14.1. The summed E-state index contributed by atoms with van der Waals surface area (Å²) in [5.41, 5.74) is 5.51. The van der Waals surface area contributed by atoms with Crippen LogP contribution >= 0.6 is 22.6 Å². The number of amides is 1. The summed E-state index contributed by atoms with van der Waals surface area (Å²) < 4.78 is 11.5. The molecule has 2 rings (SSSR count). The molecule has 0 aromatic heterocycles. The highest BCUT2D eigenvalue weighted by Crippen LogP contribution is 2.25. The fourth-order valence-electron chi connectivity index (χ4n) is 2.09. The number of halogens is 1. The fraction of sp³-hybridized carbons (Fsp3) is 0.263. The average molecular weight is 452 g/mol. The maximum Gasteiger partial charge on any atom is 0.277 e. The predicted molar refractivity (Wildman–Crippen MR) is 107 cm³/mol. The second kappa shape index (κ2) is 9.41. The molecule has 0 bridgehead atoms. The van der Waals surface area contributed by atoms with Crippen molar-refractivity contribution in [2.24, 2.45) is 5.10 Å². The van der Waals surface area contributed by atoms with Crippen molar-refractivity contribution in [2.45, 2.75) is 20.3 Å². The van der Waals surface area contributed by atoms with Crippen LogP contribution in [0.2, 0.25) is 0 Å². The molecule has 0 fully saturated rings. The first-order valence-corrected chi connectivity index (χ1v) is 9.00. The Kier molecular flexibility index (Phi) is 7.24. The van der Waals surface area contributed by atoms with Crippen molar-refractivity contribution in [1.29, 1.82) is 0 Å². The number of nitrogens with one attached hydrogen (secondary N) is 1. The molecule has 2 aromatic carbocycles. The van der Waals surface area contributed by atoms with E-state index in [9.17, 15) is 4.79 Å². The molecular formula is C19H21IN2O3. The molecule has 0 saturated carbocycles. The lowest BCUT2D eigenvalue weighted by Gasteiger charge is -2.09. The number of hydrazone groups is 1. The van der Waals surface area contributed by atoms with Crippen molar-refractivity contribution >= 4 is 34.2 Å². The van der Waals surface area contributed by atoms with Crippen LogP contribution < -0.4 is 14.9 Å². The van der Waals surface area contributed by atoms with E-state index < -0.39 is 0 Å². The standard InChI is InChI=1S/C19H21IN2O3/c1-4-14-5-7-15(8-6-14)13(2)21-22-19(23)12-25-18-10-9-16(24-3)11-17(18)20/h5-11H,4,12H2,1-3H3,(H,22,23). The summed E-state index contributed by atoms with van der Waals surface area (Å²) in [4.78, 5) is 11.9. The van der Waals surface area contributed by atoms with Gasteiger partial charge in [0, 0.05) is 0 Å². The number of nitrogens with zero attached hydrogens (tertiary/aromatic N) is 1. The van der Waals surface area contributed by atoms with Crippen LogP contribution in [0.15, 0.2) is 47.6 Å². The molecule has 0 unspecified atom stereocenters. The van der Waals surface area contributed by atoms with E-state index in [1.54, 1.807) is 19.2 Å². The van der Waals surface area contributed by atoms with Gasteiger partial charge in [0.1, 0.15) is 11.5 Å². The first-order valence-electron chi connectivity index (χ1n) is 7.92. The average Bonchev–Trinajstić information content (AvgIpc) is 2.65. The van der Waals surface area contributed by atoms with Crippen LogP contribution in [0.5, 0.6) is 11.5 Å². The number of benzene rings is 2. The van der Waals surface area contributed by atoms with Crippen molar-refractivity contribution in [3.63, 3.8) is 0 Å². The van der Waals surface area contributed by atoms with Gasteiger partial charge in [0.15, 0.2) is 6.61 Å². The first kappa shape index (κ1) is 19.2. The van der Waals surface area contributed by atoms with Crippen molar-refractivity contribution in [1.82, 2.24) is 5.43 Å². The molecule has 25 heavy (non-hydrogen) atoms. The Bertz CT molecular complexity index is 758. The monoisotopic (exact) mass is 452 g/mol. The van der Waals surface area contributed by atoms with Gasteiger partial charge in [0.25, 0.3) is 5.91 Å². The summed E-state index contributed by atoms with van der Waals surface area (Å²) in [6.45, 7) is 3.86. The van der Waals surface area contributed by atoms with Gasteiger partial charge in [-0.3, -0.25) is 4.79 Å². The molecule has 0 heterocycles. The third kappa shape index (κ3) is 5.74. The molecule has 0 radical (unpaired) electrons. The lowest BCUT2D eigenvalue weighted by molar-refractivity contribution is -0.123. The normalized spacial score (nSPS) is 11.1. The second-order valence-corrected chi connectivity index (χ2v) is 6.53. The highest BCUT2D eigenvalue weighted by Gasteiger charge is 2.07. The number of rotatable bonds is 7. The number of aryl methyl sites for hydroxylation is 1. The second-order valence-electron chi connectivity index (χ2n) is 5.37. The van der Waals surface area contributed by atoms with E-state index in [0.717, 1.165) is 27.0 Å². The van der Waals surface area contributed by atoms with Crippen molar-refractivity contribution in [3.05, 3.63) is 57.2 Å². The lowest BCUT2D eigenvalue weighted by atomic mass is 10.1. The molecule has 2 aromatic rings. The topological polar surface area (TPSA) is 59.9 Å². The van der Waals surface area contributed by atoms with Crippen LogP contribution in [0.4, 0.5) is 0 Å². The molecule has 0 aliphatic heterocycles. The zero-order valence-corrected chi connectivity index (χ0v) is 16.7. The lowest BCUT2D eigenvalue weighted by Crippen LogP contribution is -2.25. The Labute approximate surface area is 161 Å². The number of carbonyl (C=O) groups excluding carboxylic acids is 1. The third-order valence-corrected chi connectivity index (χ3v) is 4.47. The van der Waals surface area contributed by atoms with Gasteiger partial charge in [-0.05, 0) is 65.3 Å². The summed E-state index contributed by atoms with van der Waals surface area (Å²) in [7, 11) is 1.61. The number of hydrogen-bond donors (Lipinski definition) is 1. The third-order valence-electron chi connectivity index (χ3n) is 3.63. The number of methoxy groups -OCH3 is 1. The van der Waals surface area contributed by atoms with Gasteiger partial charge in [0.05, 0.1) is 16.4 Å². The summed E-state index contributed by atoms with van der Waals surface area (Å²) in [5.74, 6) is 1.07. The van der Waals surface area contributed by atoms with E-state index in [2.05, 4.69) is 52.2 Å². The van der Waals surface area contributed by atoms with Crippen LogP contribution in [-0.4, -0.2) is 25.3 Å². The maximum absolute atomic E-state index is 11.9. The largest absolute Gasteiger partial charge is 0.497 e. The van der Waals surface area contributed by atoms with E-state index >= 15 is 0 Å². The molecule has 5 nitrogen and oxygen atoms in total. The Hall–Kier alpha value is -2.09. The van der Waals surface area contributed by atoms with Crippen LogP contribution in [-0.2, 0) is 11.2 Å². The molecule has 0 saturated heterocycles. The molecule has 0 aliphatic carbocycles. The Balaban J connectivity index is 1.89. The van der Waals surface area contributed by atoms with Crippen LogP contribution in [0.3, 0.4) is 0 Å². The summed E-state index contributed by atoms with van der Waals surface area (Å²) in [6.07, 6.45) is 0.995. The number of hydrogen-bond acceptors (Lipinski definition) is 4.